The number of carbonyl (C=O) groups excluding carboxylic acids is 2. The van der Waals surface area contributed by atoms with Gasteiger partial charge in [-0.25, -0.2) is 23.9 Å². The number of likely N-dealkylation sites (tertiary alicyclic amines) is 1. The van der Waals surface area contributed by atoms with E-state index in [0.717, 1.165) is 0 Å². The number of H-pyrrole nitrogens is 1. The fraction of sp³-hybridized carbons (Fsp3) is 0.458. The number of para-hydroxylation sites is 2. The largest absolute Gasteiger partial charge is 0.495 e. The highest BCUT2D eigenvalue weighted by Crippen LogP contribution is 2.26. The predicted molar refractivity (Wildman–Crippen MR) is 132 cm³/mol. The van der Waals surface area contributed by atoms with Gasteiger partial charge in [-0.2, -0.15) is 4.98 Å². The summed E-state index contributed by atoms with van der Waals surface area (Å²) in [6, 6.07) is 6.79. The molecule has 2 aromatic heterocycles. The van der Waals surface area contributed by atoms with Crippen molar-refractivity contribution < 1.29 is 23.8 Å². The number of aromatic amines is 1. The van der Waals surface area contributed by atoms with Crippen LogP contribution < -0.4 is 15.7 Å². The van der Waals surface area contributed by atoms with E-state index in [4.69, 9.17) is 14.2 Å². The number of ether oxygens (including phenoxy) is 3. The van der Waals surface area contributed by atoms with Crippen molar-refractivity contribution in [3.05, 3.63) is 40.4 Å². The van der Waals surface area contributed by atoms with Crippen molar-refractivity contribution in [2.24, 2.45) is 0 Å². The number of amides is 1. The molecule has 192 valence electrons. The number of nitrogens with one attached hydrogen (secondary N) is 2. The minimum absolute atomic E-state index is 0.0721. The fourth-order valence-corrected chi connectivity index (χ4v) is 3.99. The van der Waals surface area contributed by atoms with Crippen molar-refractivity contribution in [3.8, 4) is 11.4 Å². The Hall–Kier alpha value is -4.09. The predicted octanol–water partition coefficient (Wildman–Crippen LogP) is 2.72. The lowest BCUT2D eigenvalue weighted by molar-refractivity contribution is 0.0293. The average Bonchev–Trinajstić information content (AvgIpc) is 3.41. The molecule has 0 bridgehead atoms. The van der Waals surface area contributed by atoms with Crippen molar-refractivity contribution in [1.29, 1.82) is 0 Å². The molecule has 4 rings (SSSR count). The summed E-state index contributed by atoms with van der Waals surface area (Å²) in [5, 5.41) is 3.19. The average molecular weight is 499 g/mol. The first kappa shape index (κ1) is 25.0. The normalized spacial score (nSPS) is 15.7. The number of esters is 1. The lowest BCUT2D eigenvalue weighted by atomic mass is 10.2. The number of fused-ring (bicyclic) bond motifs is 1. The van der Waals surface area contributed by atoms with Crippen LogP contribution in [0.3, 0.4) is 0 Å². The van der Waals surface area contributed by atoms with Crippen LogP contribution in [0.4, 0.5) is 10.7 Å². The van der Waals surface area contributed by atoms with Gasteiger partial charge in [-0.05, 0) is 46.2 Å². The molecule has 12 nitrogen and oxygen atoms in total. The standard InChI is InChI=1S/C24H30N6O6/c1-6-35-20(31)18-17-19(30(22(32)27-17)15-9-7-8-10-16(15)34-5)28-21(26-18)25-14-11-12-29(13-14)23(33)36-24(2,3)4/h7-10,14H,6,11-13H2,1-5H3,(H,27,32)(H,25,26,28)/t14-/m0/s1. The second-order valence-electron chi connectivity index (χ2n) is 9.31. The summed E-state index contributed by atoms with van der Waals surface area (Å²) in [7, 11) is 1.50. The smallest absolute Gasteiger partial charge is 0.410 e. The van der Waals surface area contributed by atoms with Crippen LogP contribution in [0.15, 0.2) is 29.1 Å². The van der Waals surface area contributed by atoms with Gasteiger partial charge in [0.15, 0.2) is 11.3 Å². The Morgan fingerprint density at radius 1 is 1.22 bits per heavy atom. The second kappa shape index (κ2) is 9.88. The SMILES string of the molecule is CCOC(=O)c1nc(N[C@H]2CCN(C(=O)OC(C)(C)C)C2)nc2c1[nH]c(=O)n2-c1ccccc1OC. The third-order valence-corrected chi connectivity index (χ3v) is 5.50. The molecule has 0 aliphatic carbocycles. The van der Waals surface area contributed by atoms with Crippen molar-refractivity contribution in [3.63, 3.8) is 0 Å². The minimum Gasteiger partial charge on any atom is -0.495 e. The number of benzene rings is 1. The Morgan fingerprint density at radius 2 is 1.97 bits per heavy atom. The van der Waals surface area contributed by atoms with Gasteiger partial charge in [0, 0.05) is 19.1 Å². The number of carbonyl (C=O) groups is 2. The number of imidazole rings is 1. The molecule has 12 heteroatoms. The summed E-state index contributed by atoms with van der Waals surface area (Å²) in [4.78, 5) is 51.4. The van der Waals surface area contributed by atoms with E-state index in [0.29, 0.717) is 30.9 Å². The zero-order valence-corrected chi connectivity index (χ0v) is 21.0. The van der Waals surface area contributed by atoms with E-state index in [1.54, 1.807) is 36.1 Å². The molecule has 1 amide bonds. The van der Waals surface area contributed by atoms with E-state index >= 15 is 0 Å². The molecule has 2 N–H and O–H groups in total. The van der Waals surface area contributed by atoms with Crippen LogP contribution in [0.1, 0.15) is 44.6 Å². The molecule has 0 spiro atoms. The molecule has 0 saturated carbocycles. The Kier molecular flexibility index (Phi) is 6.86. The fourth-order valence-electron chi connectivity index (χ4n) is 3.99. The summed E-state index contributed by atoms with van der Waals surface area (Å²) in [6.45, 7) is 8.13. The molecular formula is C24H30N6O6. The lowest BCUT2D eigenvalue weighted by Crippen LogP contribution is -2.36. The van der Waals surface area contributed by atoms with Crippen molar-refractivity contribution in [1.82, 2.24) is 24.4 Å². The first-order valence-electron chi connectivity index (χ1n) is 11.7. The maximum atomic E-state index is 13.0. The summed E-state index contributed by atoms with van der Waals surface area (Å²) in [5.41, 5.74) is -0.390. The first-order valence-corrected chi connectivity index (χ1v) is 11.7. The molecule has 3 aromatic rings. The van der Waals surface area contributed by atoms with E-state index in [9.17, 15) is 14.4 Å². The number of nitrogens with zero attached hydrogens (tertiary/aromatic N) is 4. The molecule has 1 aliphatic rings. The summed E-state index contributed by atoms with van der Waals surface area (Å²) >= 11 is 0. The molecule has 0 radical (unpaired) electrons. The molecule has 1 aliphatic heterocycles. The van der Waals surface area contributed by atoms with Gasteiger partial charge in [0.2, 0.25) is 5.95 Å². The molecule has 1 aromatic carbocycles. The van der Waals surface area contributed by atoms with Gasteiger partial charge in [-0.3, -0.25) is 0 Å². The van der Waals surface area contributed by atoms with Crippen LogP contribution >= 0.6 is 0 Å². The first-order chi connectivity index (χ1) is 17.1. The van der Waals surface area contributed by atoms with Crippen molar-refractivity contribution >= 4 is 29.2 Å². The van der Waals surface area contributed by atoms with E-state index in [1.807, 2.05) is 20.8 Å². The van der Waals surface area contributed by atoms with Gasteiger partial charge in [0.05, 0.1) is 19.4 Å². The minimum atomic E-state index is -0.691. The van der Waals surface area contributed by atoms with Gasteiger partial charge in [0.1, 0.15) is 16.9 Å². The van der Waals surface area contributed by atoms with Gasteiger partial charge < -0.3 is 29.4 Å². The van der Waals surface area contributed by atoms with Gasteiger partial charge >= 0.3 is 17.8 Å². The van der Waals surface area contributed by atoms with Crippen LogP contribution in [0, 0.1) is 0 Å². The highest BCUT2D eigenvalue weighted by molar-refractivity contribution is 5.99. The Balaban J connectivity index is 1.72. The maximum Gasteiger partial charge on any atom is 0.410 e. The third kappa shape index (κ3) is 5.11. The lowest BCUT2D eigenvalue weighted by Gasteiger charge is -2.24. The van der Waals surface area contributed by atoms with E-state index < -0.39 is 23.4 Å². The number of hydrogen-bond acceptors (Lipinski definition) is 9. The van der Waals surface area contributed by atoms with Gasteiger partial charge in [-0.15, -0.1) is 0 Å². The van der Waals surface area contributed by atoms with E-state index in [-0.39, 0.29) is 35.5 Å². The molecular weight excluding hydrogens is 468 g/mol. The summed E-state index contributed by atoms with van der Waals surface area (Å²) < 4.78 is 17.4. The van der Waals surface area contributed by atoms with Crippen LogP contribution in [0.2, 0.25) is 0 Å². The number of methoxy groups -OCH3 is 1. The zero-order valence-electron chi connectivity index (χ0n) is 21.0. The van der Waals surface area contributed by atoms with Crippen LogP contribution in [-0.4, -0.2) is 74.9 Å². The molecule has 3 heterocycles. The molecule has 0 unspecified atom stereocenters. The number of rotatable bonds is 6. The molecule has 1 atom stereocenters. The quantitative estimate of drug-likeness (QED) is 0.491. The van der Waals surface area contributed by atoms with Crippen LogP contribution in [0.5, 0.6) is 5.75 Å². The van der Waals surface area contributed by atoms with Crippen molar-refractivity contribution in [2.45, 2.75) is 45.8 Å². The molecule has 36 heavy (non-hydrogen) atoms. The number of anilines is 1. The second-order valence-corrected chi connectivity index (χ2v) is 9.31. The van der Waals surface area contributed by atoms with Crippen LogP contribution in [-0.2, 0) is 9.47 Å². The highest BCUT2D eigenvalue weighted by Gasteiger charge is 2.31. The molecule has 1 fully saturated rings. The van der Waals surface area contributed by atoms with E-state index in [1.165, 1.54) is 11.7 Å². The van der Waals surface area contributed by atoms with E-state index in [2.05, 4.69) is 20.3 Å². The van der Waals surface area contributed by atoms with Crippen molar-refractivity contribution in [2.75, 3.05) is 32.1 Å². The Labute approximate surface area is 207 Å². The number of aromatic nitrogens is 4. The van der Waals surface area contributed by atoms with Crippen LogP contribution in [0.25, 0.3) is 16.9 Å². The zero-order chi connectivity index (χ0) is 26.0. The Morgan fingerprint density at radius 3 is 2.67 bits per heavy atom. The monoisotopic (exact) mass is 498 g/mol. The third-order valence-electron chi connectivity index (χ3n) is 5.50. The Bertz CT molecular complexity index is 1340. The van der Waals surface area contributed by atoms with Gasteiger partial charge in [0.25, 0.3) is 0 Å². The molecule has 1 saturated heterocycles. The van der Waals surface area contributed by atoms with Gasteiger partial charge in [-0.1, -0.05) is 12.1 Å². The highest BCUT2D eigenvalue weighted by atomic mass is 16.6. The number of hydrogen-bond donors (Lipinski definition) is 2. The topological polar surface area (TPSA) is 141 Å². The maximum absolute atomic E-state index is 13.0. The summed E-state index contributed by atoms with van der Waals surface area (Å²) in [6.07, 6.45) is 0.230. The summed E-state index contributed by atoms with van der Waals surface area (Å²) in [5.74, 6) is -0.109.